The molecule has 1 N–H and O–H groups in total. The van der Waals surface area contributed by atoms with Gasteiger partial charge in [-0.2, -0.15) is 25.7 Å². The fourth-order valence-electron chi connectivity index (χ4n) is 4.01. The van der Waals surface area contributed by atoms with Gasteiger partial charge in [0.05, 0.1) is 11.4 Å². The number of hydrogen-bond donors (Lipinski definition) is 0. The molecule has 0 aliphatic heterocycles. The van der Waals surface area contributed by atoms with Gasteiger partial charge in [0.2, 0.25) is 0 Å². The van der Waals surface area contributed by atoms with Gasteiger partial charge in [-0.3, -0.25) is 4.21 Å². The first kappa shape index (κ1) is 27.3. The molecular weight excluding hydrogens is 500 g/mol. The number of hydrogen-bond acceptors (Lipinski definition) is 7. The van der Waals surface area contributed by atoms with Crippen molar-refractivity contribution in [1.82, 2.24) is 14.4 Å². The molecule has 200 valence electrons. The van der Waals surface area contributed by atoms with Crippen LogP contribution in [-0.4, -0.2) is 43.8 Å². The minimum absolute atomic E-state index is 0.0802. The van der Waals surface area contributed by atoms with Crippen molar-refractivity contribution in [3.05, 3.63) is 102 Å². The standard InChI is InChI=1S/C28H33N6O3S/c1-23(10-8-9-19-29)37-36-20-21-38(2,35,34-28-14-7-6-13-27(28)32-33-34)22-24-15-17-26(18-16-24)31-30-25-11-4-3-5-12-25/h3-7,11-18,29H,1,8-10,19-22H2,2H3/q-1. The second-order valence-corrected chi connectivity index (χ2v) is 13.8. The van der Waals surface area contributed by atoms with Gasteiger partial charge in [-0.05, 0) is 57.6 Å². The van der Waals surface area contributed by atoms with Gasteiger partial charge in [0.15, 0.2) is 0 Å². The van der Waals surface area contributed by atoms with Crippen molar-refractivity contribution in [3.63, 3.8) is 0 Å². The first-order valence-corrected chi connectivity index (χ1v) is 15.1. The molecule has 0 radical (unpaired) electrons. The third kappa shape index (κ3) is 6.97. The summed E-state index contributed by atoms with van der Waals surface area (Å²) in [5.74, 6) is 0.888. The lowest BCUT2D eigenvalue weighted by Crippen LogP contribution is -2.46. The molecule has 10 heteroatoms. The molecule has 0 atom stereocenters. The quantitative estimate of drug-likeness (QED) is 0.0572. The highest BCUT2D eigenvalue weighted by Gasteiger charge is 2.36. The van der Waals surface area contributed by atoms with Crippen LogP contribution >= 0.6 is 0 Å². The van der Waals surface area contributed by atoms with E-state index in [1.54, 1.807) is 10.3 Å². The fraction of sp³-hybridized carbons (Fsp3) is 0.286. The second kappa shape index (κ2) is 12.2. The molecule has 9 nitrogen and oxygen atoms in total. The van der Waals surface area contributed by atoms with Crippen molar-refractivity contribution in [1.29, 1.82) is 0 Å². The maximum atomic E-state index is 14.9. The summed E-state index contributed by atoms with van der Waals surface area (Å²) in [5, 5.41) is 17.1. The topological polar surface area (TPSA) is 115 Å². The molecule has 0 spiro atoms. The number of fused-ring (bicyclic) bond motifs is 1. The van der Waals surface area contributed by atoms with Gasteiger partial charge >= 0.3 is 0 Å². The van der Waals surface area contributed by atoms with Crippen LogP contribution in [0.5, 0.6) is 0 Å². The molecule has 0 fully saturated rings. The molecule has 0 bridgehead atoms. The predicted molar refractivity (Wildman–Crippen MR) is 152 cm³/mol. The molecule has 0 saturated heterocycles. The van der Waals surface area contributed by atoms with E-state index in [0.29, 0.717) is 35.4 Å². The van der Waals surface area contributed by atoms with Gasteiger partial charge in [0.25, 0.3) is 0 Å². The normalized spacial score (nSPS) is 12.9. The van der Waals surface area contributed by atoms with E-state index in [1.165, 1.54) is 0 Å². The third-order valence-corrected chi connectivity index (χ3v) is 9.60. The Morgan fingerprint density at radius 2 is 1.66 bits per heavy atom. The van der Waals surface area contributed by atoms with E-state index in [4.69, 9.17) is 15.5 Å². The van der Waals surface area contributed by atoms with Crippen molar-refractivity contribution in [3.8, 4) is 0 Å². The molecule has 0 saturated carbocycles. The summed E-state index contributed by atoms with van der Waals surface area (Å²) >= 11 is 0. The number of rotatable bonds is 14. The average Bonchev–Trinajstić information content (AvgIpc) is 3.38. The van der Waals surface area contributed by atoms with Crippen LogP contribution in [0.4, 0.5) is 11.4 Å². The van der Waals surface area contributed by atoms with Gasteiger partial charge in [-0.15, -0.1) is 5.10 Å². The first-order chi connectivity index (χ1) is 18.4. The smallest absolute Gasteiger partial charge is 0.135 e. The van der Waals surface area contributed by atoms with Crippen LogP contribution in [0.3, 0.4) is 0 Å². The average molecular weight is 534 g/mol. The van der Waals surface area contributed by atoms with Crippen LogP contribution in [0.15, 0.2) is 101 Å². The lowest BCUT2D eigenvalue weighted by molar-refractivity contribution is -0.259. The van der Waals surface area contributed by atoms with E-state index >= 15 is 0 Å². The van der Waals surface area contributed by atoms with E-state index in [2.05, 4.69) is 27.1 Å². The van der Waals surface area contributed by atoms with Crippen molar-refractivity contribution in [2.24, 2.45) is 10.2 Å². The fourth-order valence-corrected chi connectivity index (χ4v) is 6.94. The molecular formula is C28H33N6O3S-. The van der Waals surface area contributed by atoms with Gasteiger partial charge in [0.1, 0.15) is 23.4 Å². The van der Waals surface area contributed by atoms with Crippen molar-refractivity contribution >= 4 is 31.7 Å². The van der Waals surface area contributed by atoms with E-state index < -0.39 is 9.25 Å². The third-order valence-electron chi connectivity index (χ3n) is 6.07. The Hall–Kier alpha value is -3.73. The molecule has 0 unspecified atom stereocenters. The number of azo groups is 1. The van der Waals surface area contributed by atoms with Gasteiger partial charge in [-0.1, -0.05) is 60.7 Å². The summed E-state index contributed by atoms with van der Waals surface area (Å²) in [6.07, 6.45) is 3.93. The lowest BCUT2D eigenvalue weighted by Gasteiger charge is -2.38. The van der Waals surface area contributed by atoms with E-state index in [9.17, 15) is 4.21 Å². The predicted octanol–water partition coefficient (Wildman–Crippen LogP) is 6.94. The number of nitrogens with zero attached hydrogens (tertiary/aromatic N) is 5. The molecule has 3 aromatic carbocycles. The van der Waals surface area contributed by atoms with Gasteiger partial charge in [0, 0.05) is 24.2 Å². The highest BCUT2D eigenvalue weighted by Crippen LogP contribution is 2.33. The first-order valence-electron chi connectivity index (χ1n) is 12.5. The molecule has 38 heavy (non-hydrogen) atoms. The summed E-state index contributed by atoms with van der Waals surface area (Å²) < 4.78 is 16.5. The number of nitrogens with one attached hydrogen (secondary N) is 1. The van der Waals surface area contributed by atoms with Crippen molar-refractivity contribution in [2.75, 3.05) is 25.2 Å². The largest absolute Gasteiger partial charge is 0.677 e. The molecule has 4 aromatic rings. The summed E-state index contributed by atoms with van der Waals surface area (Å²) in [4.78, 5) is 10.7. The molecule has 0 aliphatic rings. The van der Waals surface area contributed by atoms with E-state index in [-0.39, 0.29) is 18.1 Å². The van der Waals surface area contributed by atoms with Crippen LogP contribution < -0.4 is 0 Å². The zero-order valence-corrected chi connectivity index (χ0v) is 22.3. The van der Waals surface area contributed by atoms with Gasteiger partial charge < -0.3 is 10.6 Å². The molecule has 0 amide bonds. The molecule has 0 aliphatic carbocycles. The highest BCUT2D eigenvalue weighted by molar-refractivity contribution is 8.17. The Labute approximate surface area is 222 Å². The van der Waals surface area contributed by atoms with Crippen LogP contribution in [0.25, 0.3) is 16.8 Å². The number of allylic oxidation sites excluding steroid dienone is 1. The summed E-state index contributed by atoms with van der Waals surface area (Å²) in [6.45, 7) is 4.31. The summed E-state index contributed by atoms with van der Waals surface area (Å²) in [7, 11) is -3.68. The lowest BCUT2D eigenvalue weighted by atomic mass is 10.2. The number of benzene rings is 3. The number of aromatic nitrogens is 3. The second-order valence-electron chi connectivity index (χ2n) is 9.35. The Balaban J connectivity index is 1.52. The number of unbranched alkanes of at least 4 members (excludes halogenated alkanes) is 1. The van der Waals surface area contributed by atoms with Gasteiger partial charge in [-0.25, -0.2) is 0 Å². The zero-order valence-electron chi connectivity index (χ0n) is 21.5. The Bertz CT molecular complexity index is 1450. The Kier molecular flexibility index (Phi) is 8.77. The zero-order chi connectivity index (χ0) is 26.9. The van der Waals surface area contributed by atoms with Crippen LogP contribution in [-0.2, 0) is 24.8 Å². The monoisotopic (exact) mass is 533 g/mol. The maximum Gasteiger partial charge on any atom is 0.135 e. The minimum atomic E-state index is -3.68. The van der Waals surface area contributed by atoms with Crippen LogP contribution in [0, 0.1) is 0 Å². The summed E-state index contributed by atoms with van der Waals surface area (Å²) in [5.41, 5.74) is 10.9. The van der Waals surface area contributed by atoms with Crippen LogP contribution in [0.1, 0.15) is 24.8 Å². The Morgan fingerprint density at radius 3 is 2.39 bits per heavy atom. The summed E-state index contributed by atoms with van der Waals surface area (Å²) in [6, 6.07) is 24.5. The number of para-hydroxylation sites is 1. The van der Waals surface area contributed by atoms with E-state index in [0.717, 1.165) is 24.1 Å². The van der Waals surface area contributed by atoms with Crippen LogP contribution in [0.2, 0.25) is 0 Å². The minimum Gasteiger partial charge on any atom is -0.677 e. The molecule has 1 aromatic heterocycles. The van der Waals surface area contributed by atoms with Crippen molar-refractivity contribution in [2.45, 2.75) is 25.0 Å². The highest BCUT2D eigenvalue weighted by atomic mass is 32.3. The van der Waals surface area contributed by atoms with E-state index in [1.807, 2.05) is 78.9 Å². The SMILES string of the molecule is C=C(CCCC[NH-])OOCCS(C)(=O)(Cc1ccc(N=Nc2ccccc2)cc1)n1nnc2ccccc21. The van der Waals surface area contributed by atoms with Crippen molar-refractivity contribution < 1.29 is 14.0 Å². The maximum absolute atomic E-state index is 14.9. The molecule has 1 heterocycles. The Morgan fingerprint density at radius 1 is 0.974 bits per heavy atom. The molecule has 4 rings (SSSR count).